The number of amides is 3. The summed E-state index contributed by atoms with van der Waals surface area (Å²) in [5, 5.41) is 5.24. The molecule has 3 amide bonds. The number of hydrogen-bond acceptors (Lipinski definition) is 4. The maximum atomic E-state index is 12.8. The summed E-state index contributed by atoms with van der Waals surface area (Å²) in [6.07, 6.45) is 3.14. The van der Waals surface area contributed by atoms with Crippen LogP contribution in [0.3, 0.4) is 0 Å². The van der Waals surface area contributed by atoms with Crippen molar-refractivity contribution >= 4 is 29.1 Å². The Morgan fingerprint density at radius 2 is 1.84 bits per heavy atom. The minimum atomic E-state index is -0.758. The van der Waals surface area contributed by atoms with Crippen molar-refractivity contribution in [1.29, 1.82) is 0 Å². The van der Waals surface area contributed by atoms with Crippen LogP contribution in [0.2, 0.25) is 0 Å². The van der Waals surface area contributed by atoms with Gasteiger partial charge in [-0.1, -0.05) is 35.9 Å². The first-order valence-corrected chi connectivity index (χ1v) is 10.1. The van der Waals surface area contributed by atoms with Gasteiger partial charge in [-0.15, -0.1) is 0 Å². The maximum absolute atomic E-state index is 12.8. The van der Waals surface area contributed by atoms with Crippen LogP contribution in [0.5, 0.6) is 0 Å². The molecule has 158 valence electrons. The van der Waals surface area contributed by atoms with E-state index in [4.69, 9.17) is 4.42 Å². The molecule has 0 spiro atoms. The molecule has 3 aromatic rings. The molecule has 0 atom stereocenters. The summed E-state index contributed by atoms with van der Waals surface area (Å²) in [5.41, 5.74) is 4.21. The number of furan rings is 1. The zero-order chi connectivity index (χ0) is 21.8. The number of rotatable bonds is 4. The summed E-state index contributed by atoms with van der Waals surface area (Å²) in [7, 11) is 0. The number of benzene rings is 2. The van der Waals surface area contributed by atoms with Gasteiger partial charge in [0.25, 0.3) is 5.91 Å². The largest absolute Gasteiger partial charge is 0.459 e. The molecule has 0 aliphatic carbocycles. The molecule has 7 heteroatoms. The van der Waals surface area contributed by atoms with E-state index in [0.717, 1.165) is 29.5 Å². The van der Waals surface area contributed by atoms with Crippen molar-refractivity contribution in [3.8, 4) is 0 Å². The molecule has 0 saturated heterocycles. The zero-order valence-corrected chi connectivity index (χ0v) is 17.2. The Bertz CT molecular complexity index is 1100. The molecule has 1 aromatic heterocycles. The summed E-state index contributed by atoms with van der Waals surface area (Å²) < 4.78 is 5.25. The summed E-state index contributed by atoms with van der Waals surface area (Å²) in [5.74, 6) is -1.45. The fraction of sp³-hybridized carbons (Fsp3) is 0.208. The second-order valence-corrected chi connectivity index (χ2v) is 7.50. The van der Waals surface area contributed by atoms with Crippen LogP contribution in [0.1, 0.15) is 33.7 Å². The Morgan fingerprint density at radius 3 is 2.58 bits per heavy atom. The van der Waals surface area contributed by atoms with E-state index in [2.05, 4.69) is 10.6 Å². The second kappa shape index (κ2) is 8.87. The molecule has 0 radical (unpaired) electrons. The second-order valence-electron chi connectivity index (χ2n) is 7.50. The van der Waals surface area contributed by atoms with Crippen LogP contribution in [0, 0.1) is 6.92 Å². The van der Waals surface area contributed by atoms with E-state index in [1.165, 1.54) is 6.26 Å². The molecule has 4 rings (SSSR count). The lowest BCUT2D eigenvalue weighted by molar-refractivity contribution is -0.136. The molecule has 0 saturated carbocycles. The fourth-order valence-electron chi connectivity index (χ4n) is 3.55. The Balaban J connectivity index is 1.43. The average Bonchev–Trinajstić information content (AvgIpc) is 3.32. The van der Waals surface area contributed by atoms with Gasteiger partial charge in [0.05, 0.1) is 6.26 Å². The number of hydrogen-bond donors (Lipinski definition) is 2. The SMILES string of the molecule is Cc1ccc(CNC(=O)C(=O)Nc2ccc3c(c2)N(C(=O)c2ccco2)CCC3)cc1. The fourth-order valence-corrected chi connectivity index (χ4v) is 3.55. The first kappa shape index (κ1) is 20.4. The number of carbonyl (C=O) groups excluding carboxylic acids is 3. The van der Waals surface area contributed by atoms with Crippen LogP contribution in [0.15, 0.2) is 65.3 Å². The lowest BCUT2D eigenvalue weighted by atomic mass is 10.0. The molecular weight excluding hydrogens is 394 g/mol. The van der Waals surface area contributed by atoms with Gasteiger partial charge >= 0.3 is 11.8 Å². The van der Waals surface area contributed by atoms with E-state index in [1.807, 2.05) is 37.3 Å². The van der Waals surface area contributed by atoms with Gasteiger partial charge in [-0.2, -0.15) is 0 Å². The molecule has 7 nitrogen and oxygen atoms in total. The quantitative estimate of drug-likeness (QED) is 0.636. The van der Waals surface area contributed by atoms with Crippen molar-refractivity contribution < 1.29 is 18.8 Å². The van der Waals surface area contributed by atoms with Crippen molar-refractivity contribution in [3.63, 3.8) is 0 Å². The summed E-state index contributed by atoms with van der Waals surface area (Å²) in [6.45, 7) is 2.81. The normalized spacial score (nSPS) is 12.7. The van der Waals surface area contributed by atoms with Gasteiger partial charge < -0.3 is 20.0 Å². The van der Waals surface area contributed by atoms with Crippen molar-refractivity contribution in [2.75, 3.05) is 16.8 Å². The van der Waals surface area contributed by atoms with Crippen LogP contribution in [-0.4, -0.2) is 24.3 Å². The van der Waals surface area contributed by atoms with Crippen LogP contribution in [0.25, 0.3) is 0 Å². The third-order valence-corrected chi connectivity index (χ3v) is 5.22. The summed E-state index contributed by atoms with van der Waals surface area (Å²) in [4.78, 5) is 39.0. The Labute approximate surface area is 180 Å². The van der Waals surface area contributed by atoms with E-state index in [9.17, 15) is 14.4 Å². The van der Waals surface area contributed by atoms with Crippen LogP contribution in [-0.2, 0) is 22.6 Å². The lowest BCUT2D eigenvalue weighted by Crippen LogP contribution is -2.36. The minimum Gasteiger partial charge on any atom is -0.459 e. The first-order chi connectivity index (χ1) is 15.0. The topological polar surface area (TPSA) is 91.7 Å². The van der Waals surface area contributed by atoms with Gasteiger partial charge in [0.2, 0.25) is 0 Å². The van der Waals surface area contributed by atoms with Crippen molar-refractivity contribution in [3.05, 3.63) is 83.3 Å². The molecular formula is C24H23N3O4. The number of anilines is 2. The molecule has 2 N–H and O–H groups in total. The van der Waals surface area contributed by atoms with E-state index in [-0.39, 0.29) is 18.2 Å². The van der Waals surface area contributed by atoms with Crippen LogP contribution >= 0.6 is 0 Å². The third kappa shape index (κ3) is 4.66. The highest BCUT2D eigenvalue weighted by molar-refractivity contribution is 6.39. The minimum absolute atomic E-state index is 0.231. The van der Waals surface area contributed by atoms with E-state index in [1.54, 1.807) is 29.2 Å². The summed E-state index contributed by atoms with van der Waals surface area (Å²) in [6, 6.07) is 16.3. The monoisotopic (exact) mass is 417 g/mol. The van der Waals surface area contributed by atoms with E-state index in [0.29, 0.717) is 17.9 Å². The van der Waals surface area contributed by atoms with Crippen LogP contribution in [0.4, 0.5) is 11.4 Å². The molecule has 2 heterocycles. The Hall–Kier alpha value is -3.87. The number of nitrogens with one attached hydrogen (secondary N) is 2. The predicted molar refractivity (Wildman–Crippen MR) is 117 cm³/mol. The van der Waals surface area contributed by atoms with Gasteiger partial charge in [-0.25, -0.2) is 0 Å². The lowest BCUT2D eigenvalue weighted by Gasteiger charge is -2.29. The van der Waals surface area contributed by atoms with Crippen molar-refractivity contribution in [1.82, 2.24) is 5.32 Å². The van der Waals surface area contributed by atoms with Gasteiger partial charge in [0, 0.05) is 24.5 Å². The van der Waals surface area contributed by atoms with E-state index >= 15 is 0 Å². The predicted octanol–water partition coefficient (Wildman–Crippen LogP) is 3.44. The number of nitrogens with zero attached hydrogens (tertiary/aromatic N) is 1. The number of carbonyl (C=O) groups is 3. The van der Waals surface area contributed by atoms with Crippen molar-refractivity contribution in [2.45, 2.75) is 26.3 Å². The summed E-state index contributed by atoms with van der Waals surface area (Å²) >= 11 is 0. The van der Waals surface area contributed by atoms with Gasteiger partial charge in [0.1, 0.15) is 0 Å². The molecule has 0 bridgehead atoms. The first-order valence-electron chi connectivity index (χ1n) is 10.1. The maximum Gasteiger partial charge on any atom is 0.313 e. The highest BCUT2D eigenvalue weighted by Gasteiger charge is 2.26. The molecule has 0 fully saturated rings. The number of aryl methyl sites for hydroxylation is 2. The average molecular weight is 417 g/mol. The highest BCUT2D eigenvalue weighted by atomic mass is 16.3. The van der Waals surface area contributed by atoms with E-state index < -0.39 is 11.8 Å². The van der Waals surface area contributed by atoms with Gasteiger partial charge in [0.15, 0.2) is 5.76 Å². The number of fused-ring (bicyclic) bond motifs is 1. The molecule has 31 heavy (non-hydrogen) atoms. The van der Waals surface area contributed by atoms with Gasteiger partial charge in [-0.05, 0) is 55.2 Å². The molecule has 1 aliphatic rings. The molecule has 0 unspecified atom stereocenters. The zero-order valence-electron chi connectivity index (χ0n) is 17.2. The van der Waals surface area contributed by atoms with Crippen LogP contribution < -0.4 is 15.5 Å². The Kier molecular flexibility index (Phi) is 5.84. The molecule has 1 aliphatic heterocycles. The van der Waals surface area contributed by atoms with Crippen molar-refractivity contribution in [2.24, 2.45) is 0 Å². The third-order valence-electron chi connectivity index (χ3n) is 5.22. The molecule has 2 aromatic carbocycles. The standard InChI is InChI=1S/C24H23N3O4/c1-16-6-8-17(9-7-16)15-25-22(28)23(29)26-19-11-10-18-4-2-12-27(20(18)14-19)24(30)21-5-3-13-31-21/h3,5-11,13-14H,2,4,12,15H2,1H3,(H,25,28)(H,26,29). The van der Waals surface area contributed by atoms with Gasteiger partial charge in [-0.3, -0.25) is 14.4 Å². The highest BCUT2D eigenvalue weighted by Crippen LogP contribution is 2.31. The smallest absolute Gasteiger partial charge is 0.313 e. The Morgan fingerprint density at radius 1 is 1.03 bits per heavy atom.